The topological polar surface area (TPSA) is 0 Å². The lowest BCUT2D eigenvalue weighted by Gasteiger charge is -2.25. The van der Waals surface area contributed by atoms with Crippen molar-refractivity contribution in [2.75, 3.05) is 0 Å². The highest BCUT2D eigenvalue weighted by Crippen LogP contribution is 2.70. The normalized spacial score (nSPS) is 43.6. The molecule has 1 aliphatic carbocycles. The second-order valence-electron chi connectivity index (χ2n) is 5.32. The van der Waals surface area contributed by atoms with Gasteiger partial charge in [0.25, 0.3) is 0 Å². The Balaban J connectivity index is 2.71. The van der Waals surface area contributed by atoms with Crippen LogP contribution in [0.4, 0.5) is 0 Å². The fourth-order valence-electron chi connectivity index (χ4n) is 2.45. The molecule has 2 unspecified atom stereocenters. The van der Waals surface area contributed by atoms with Crippen molar-refractivity contribution in [3.8, 4) is 0 Å². The maximum atomic E-state index is 2.44. The van der Waals surface area contributed by atoms with E-state index in [1.807, 2.05) is 0 Å². The Morgan fingerprint density at radius 1 is 0.818 bits per heavy atom. The van der Waals surface area contributed by atoms with Gasteiger partial charge in [-0.05, 0) is 29.1 Å². The maximum Gasteiger partial charge on any atom is -0.0241 e. The van der Waals surface area contributed by atoms with Crippen LogP contribution >= 0.6 is 0 Å². The first-order valence-electron chi connectivity index (χ1n) is 4.84. The fourth-order valence-corrected chi connectivity index (χ4v) is 2.45. The molecule has 0 nitrogen and oxygen atoms in total. The minimum atomic E-state index is 0.626. The van der Waals surface area contributed by atoms with Crippen molar-refractivity contribution >= 4 is 0 Å². The highest BCUT2D eigenvalue weighted by Gasteiger charge is 2.63. The molecule has 66 valence electrons. The third-order valence-corrected chi connectivity index (χ3v) is 4.46. The van der Waals surface area contributed by atoms with Crippen LogP contribution in [0, 0.1) is 22.7 Å². The van der Waals surface area contributed by atoms with Crippen LogP contribution in [0.5, 0.6) is 0 Å². The van der Waals surface area contributed by atoms with Crippen LogP contribution in [-0.4, -0.2) is 0 Å². The fraction of sp³-hybridized carbons (Fsp3) is 1.00. The van der Waals surface area contributed by atoms with Crippen LogP contribution < -0.4 is 0 Å². The quantitative estimate of drug-likeness (QED) is 0.568. The van der Waals surface area contributed by atoms with E-state index in [-0.39, 0.29) is 0 Å². The van der Waals surface area contributed by atoms with Crippen molar-refractivity contribution in [1.82, 2.24) is 0 Å². The zero-order valence-corrected chi connectivity index (χ0v) is 8.86. The van der Waals surface area contributed by atoms with Crippen molar-refractivity contribution < 1.29 is 0 Å². The van der Waals surface area contributed by atoms with Gasteiger partial charge in [0.1, 0.15) is 0 Å². The number of hydrogen-bond acceptors (Lipinski definition) is 0. The van der Waals surface area contributed by atoms with Crippen molar-refractivity contribution in [3.63, 3.8) is 0 Å². The summed E-state index contributed by atoms with van der Waals surface area (Å²) >= 11 is 0. The molecule has 0 aliphatic heterocycles. The van der Waals surface area contributed by atoms with Crippen LogP contribution in [0.2, 0.25) is 0 Å². The molecule has 0 spiro atoms. The summed E-state index contributed by atoms with van der Waals surface area (Å²) in [5.41, 5.74) is 1.25. The molecular formula is C11H22. The highest BCUT2D eigenvalue weighted by atomic mass is 14.7. The van der Waals surface area contributed by atoms with E-state index in [0.29, 0.717) is 10.8 Å². The van der Waals surface area contributed by atoms with Crippen LogP contribution in [0.25, 0.3) is 0 Å². The average molecular weight is 154 g/mol. The number of rotatable bonds is 2. The van der Waals surface area contributed by atoms with E-state index in [1.165, 1.54) is 6.42 Å². The lowest BCUT2D eigenvalue weighted by molar-refractivity contribution is 0.235. The standard InChI is InChI=1S/C11H22/c1-8(2)10(5)7-11(10,6)9(3)4/h8-9H,7H2,1-6H3. The Labute approximate surface area is 71.4 Å². The van der Waals surface area contributed by atoms with E-state index in [9.17, 15) is 0 Å². The second kappa shape index (κ2) is 2.24. The summed E-state index contributed by atoms with van der Waals surface area (Å²) < 4.78 is 0. The highest BCUT2D eigenvalue weighted by molar-refractivity contribution is 5.11. The SMILES string of the molecule is CC(C)C1(C)CC1(C)C(C)C. The minimum absolute atomic E-state index is 0.626. The number of hydrogen-bond donors (Lipinski definition) is 0. The molecule has 0 radical (unpaired) electrons. The monoisotopic (exact) mass is 154 g/mol. The van der Waals surface area contributed by atoms with E-state index in [2.05, 4.69) is 41.5 Å². The van der Waals surface area contributed by atoms with Gasteiger partial charge in [0.05, 0.1) is 0 Å². The third kappa shape index (κ3) is 1.02. The zero-order valence-electron chi connectivity index (χ0n) is 8.86. The van der Waals surface area contributed by atoms with Crippen LogP contribution in [0.3, 0.4) is 0 Å². The van der Waals surface area contributed by atoms with Gasteiger partial charge >= 0.3 is 0 Å². The first-order valence-corrected chi connectivity index (χ1v) is 4.84. The van der Waals surface area contributed by atoms with E-state index in [0.717, 1.165) is 11.8 Å². The summed E-state index contributed by atoms with van der Waals surface area (Å²) in [5, 5.41) is 0. The predicted octanol–water partition coefficient (Wildman–Crippen LogP) is 3.71. The van der Waals surface area contributed by atoms with Gasteiger partial charge in [0.15, 0.2) is 0 Å². The van der Waals surface area contributed by atoms with Gasteiger partial charge in [-0.2, -0.15) is 0 Å². The molecule has 2 atom stereocenters. The van der Waals surface area contributed by atoms with E-state index in [1.54, 1.807) is 0 Å². The van der Waals surface area contributed by atoms with E-state index in [4.69, 9.17) is 0 Å². The Morgan fingerprint density at radius 2 is 1.09 bits per heavy atom. The van der Waals surface area contributed by atoms with E-state index >= 15 is 0 Å². The average Bonchev–Trinajstić information content (AvgIpc) is 2.39. The molecule has 0 bridgehead atoms. The summed E-state index contributed by atoms with van der Waals surface area (Å²) in [6, 6.07) is 0. The van der Waals surface area contributed by atoms with Gasteiger partial charge < -0.3 is 0 Å². The minimum Gasteiger partial charge on any atom is -0.0622 e. The van der Waals surface area contributed by atoms with Crippen LogP contribution in [0.1, 0.15) is 48.0 Å². The van der Waals surface area contributed by atoms with Crippen molar-refractivity contribution in [3.05, 3.63) is 0 Å². The van der Waals surface area contributed by atoms with Gasteiger partial charge in [-0.3, -0.25) is 0 Å². The maximum absolute atomic E-state index is 2.44. The molecule has 0 amide bonds. The molecule has 0 saturated heterocycles. The first-order chi connectivity index (χ1) is 4.84. The molecule has 1 aliphatic rings. The van der Waals surface area contributed by atoms with Gasteiger partial charge in [0.2, 0.25) is 0 Å². The molecule has 0 heteroatoms. The summed E-state index contributed by atoms with van der Waals surface area (Å²) in [4.78, 5) is 0. The summed E-state index contributed by atoms with van der Waals surface area (Å²) in [5.74, 6) is 1.68. The smallest absolute Gasteiger partial charge is 0.0241 e. The Bertz CT molecular complexity index is 139. The lowest BCUT2D eigenvalue weighted by Crippen LogP contribution is -2.18. The zero-order chi connectivity index (χ0) is 8.86. The Hall–Kier alpha value is 0. The van der Waals surface area contributed by atoms with Gasteiger partial charge in [-0.15, -0.1) is 0 Å². The Kier molecular flexibility index (Phi) is 1.85. The van der Waals surface area contributed by atoms with Crippen molar-refractivity contribution in [2.45, 2.75) is 48.0 Å². The van der Waals surface area contributed by atoms with Crippen molar-refractivity contribution in [2.24, 2.45) is 22.7 Å². The molecular weight excluding hydrogens is 132 g/mol. The summed E-state index contributed by atoms with van der Waals surface area (Å²) in [6.45, 7) is 14.3. The molecule has 0 heterocycles. The van der Waals surface area contributed by atoms with Gasteiger partial charge in [-0.1, -0.05) is 41.5 Å². The summed E-state index contributed by atoms with van der Waals surface area (Å²) in [7, 11) is 0. The van der Waals surface area contributed by atoms with Gasteiger partial charge in [-0.25, -0.2) is 0 Å². The molecule has 1 fully saturated rings. The molecule has 0 aromatic carbocycles. The Morgan fingerprint density at radius 3 is 1.18 bits per heavy atom. The van der Waals surface area contributed by atoms with Gasteiger partial charge in [0, 0.05) is 0 Å². The molecule has 0 aromatic heterocycles. The largest absolute Gasteiger partial charge is 0.0622 e. The van der Waals surface area contributed by atoms with Crippen LogP contribution in [0.15, 0.2) is 0 Å². The second-order valence-corrected chi connectivity index (χ2v) is 5.32. The van der Waals surface area contributed by atoms with Crippen molar-refractivity contribution in [1.29, 1.82) is 0 Å². The summed E-state index contributed by atoms with van der Waals surface area (Å²) in [6.07, 6.45) is 1.43. The predicted molar refractivity (Wildman–Crippen MR) is 50.5 cm³/mol. The lowest BCUT2D eigenvalue weighted by atomic mass is 9.80. The molecule has 1 saturated carbocycles. The molecule has 1 rings (SSSR count). The molecule has 0 N–H and O–H groups in total. The third-order valence-electron chi connectivity index (χ3n) is 4.46. The molecule has 11 heavy (non-hydrogen) atoms. The molecule has 0 aromatic rings. The first kappa shape index (κ1) is 9.09. The van der Waals surface area contributed by atoms with Crippen LogP contribution in [-0.2, 0) is 0 Å². The van der Waals surface area contributed by atoms with E-state index < -0.39 is 0 Å².